The molecule has 5 heteroatoms. The van der Waals surface area contributed by atoms with Crippen LogP contribution >= 0.6 is 11.8 Å². The fourth-order valence-corrected chi connectivity index (χ4v) is 2.56. The van der Waals surface area contributed by atoms with E-state index in [0.717, 1.165) is 16.2 Å². The lowest BCUT2D eigenvalue weighted by Gasteiger charge is -2.08. The molecule has 2 aromatic carbocycles. The van der Waals surface area contributed by atoms with Gasteiger partial charge in [-0.05, 0) is 55.8 Å². The van der Waals surface area contributed by atoms with E-state index in [-0.39, 0.29) is 17.5 Å². The highest BCUT2D eigenvalue weighted by Crippen LogP contribution is 2.22. The van der Waals surface area contributed by atoms with E-state index in [4.69, 9.17) is 4.74 Å². The number of halogens is 1. The number of amides is 1. The molecule has 3 nitrogen and oxygen atoms in total. The minimum atomic E-state index is -0.361. The minimum absolute atomic E-state index is 0.160. The zero-order valence-electron chi connectivity index (χ0n) is 12.6. The summed E-state index contributed by atoms with van der Waals surface area (Å²) in [5.74, 6) is 0.559. The molecule has 0 aliphatic rings. The van der Waals surface area contributed by atoms with Gasteiger partial charge in [0.25, 0.3) is 0 Å². The van der Waals surface area contributed by atoms with Crippen LogP contribution in [0, 0.1) is 12.7 Å². The third-order valence-corrected chi connectivity index (χ3v) is 3.99. The first-order chi connectivity index (χ1) is 10.6. The maximum absolute atomic E-state index is 13.2. The van der Waals surface area contributed by atoms with Crippen LogP contribution in [0.5, 0.6) is 5.75 Å². The number of hydrogen-bond acceptors (Lipinski definition) is 3. The van der Waals surface area contributed by atoms with Crippen LogP contribution < -0.4 is 10.1 Å². The van der Waals surface area contributed by atoms with E-state index < -0.39 is 0 Å². The second-order valence-electron chi connectivity index (χ2n) is 4.70. The number of ether oxygens (including phenoxy) is 1. The maximum atomic E-state index is 13.2. The fourth-order valence-electron chi connectivity index (χ4n) is 1.86. The number of anilines is 1. The van der Waals surface area contributed by atoms with E-state index in [2.05, 4.69) is 5.32 Å². The number of thioether (sulfide) groups is 1. The molecular weight excluding hydrogens is 301 g/mol. The molecule has 22 heavy (non-hydrogen) atoms. The number of aryl methyl sites for hydroxylation is 1. The van der Waals surface area contributed by atoms with Gasteiger partial charge in [-0.1, -0.05) is 6.07 Å². The van der Waals surface area contributed by atoms with E-state index in [1.807, 2.05) is 38.1 Å². The molecule has 1 amide bonds. The number of benzene rings is 2. The van der Waals surface area contributed by atoms with Gasteiger partial charge in [0.05, 0.1) is 12.4 Å². The van der Waals surface area contributed by atoms with Gasteiger partial charge in [-0.3, -0.25) is 4.79 Å². The van der Waals surface area contributed by atoms with Gasteiger partial charge >= 0.3 is 0 Å². The van der Waals surface area contributed by atoms with E-state index in [1.165, 1.54) is 23.9 Å². The molecule has 0 aliphatic carbocycles. The van der Waals surface area contributed by atoms with Crippen LogP contribution in [-0.4, -0.2) is 18.3 Å². The van der Waals surface area contributed by atoms with Crippen LogP contribution in [0.2, 0.25) is 0 Å². The molecule has 0 aromatic heterocycles. The molecular formula is C17H18FNO2S. The molecule has 0 radical (unpaired) electrons. The Morgan fingerprint density at radius 1 is 1.23 bits per heavy atom. The van der Waals surface area contributed by atoms with Gasteiger partial charge in [0.1, 0.15) is 11.6 Å². The Labute approximate surface area is 133 Å². The van der Waals surface area contributed by atoms with Crippen molar-refractivity contribution < 1.29 is 13.9 Å². The van der Waals surface area contributed by atoms with Gasteiger partial charge in [0.15, 0.2) is 0 Å². The fraction of sp³-hybridized carbons (Fsp3) is 0.235. The van der Waals surface area contributed by atoms with Crippen molar-refractivity contribution in [3.63, 3.8) is 0 Å². The van der Waals surface area contributed by atoms with Crippen molar-refractivity contribution in [2.75, 3.05) is 17.7 Å². The number of hydrogen-bond donors (Lipinski definition) is 1. The molecule has 0 aliphatic heterocycles. The molecule has 2 aromatic rings. The Morgan fingerprint density at radius 3 is 2.64 bits per heavy atom. The van der Waals surface area contributed by atoms with Crippen molar-refractivity contribution >= 4 is 23.4 Å². The molecule has 0 spiro atoms. The Balaban J connectivity index is 1.88. The predicted octanol–water partition coefficient (Wildman–Crippen LogP) is 4.26. The van der Waals surface area contributed by atoms with Gasteiger partial charge in [-0.2, -0.15) is 0 Å². The van der Waals surface area contributed by atoms with Crippen molar-refractivity contribution in [2.45, 2.75) is 18.7 Å². The normalized spacial score (nSPS) is 10.3. The topological polar surface area (TPSA) is 38.3 Å². The molecule has 116 valence electrons. The smallest absolute Gasteiger partial charge is 0.234 e. The van der Waals surface area contributed by atoms with Crippen molar-refractivity contribution in [2.24, 2.45) is 0 Å². The zero-order valence-corrected chi connectivity index (χ0v) is 13.4. The summed E-state index contributed by atoms with van der Waals surface area (Å²) >= 11 is 1.42. The van der Waals surface area contributed by atoms with Gasteiger partial charge < -0.3 is 10.1 Å². The highest BCUT2D eigenvalue weighted by molar-refractivity contribution is 8.00. The average molecular weight is 319 g/mol. The average Bonchev–Trinajstić information content (AvgIpc) is 2.51. The first-order valence-electron chi connectivity index (χ1n) is 7.00. The van der Waals surface area contributed by atoms with Crippen molar-refractivity contribution in [3.8, 4) is 5.75 Å². The molecule has 1 N–H and O–H groups in total. The van der Waals surface area contributed by atoms with Crippen molar-refractivity contribution in [1.29, 1.82) is 0 Å². The number of carbonyl (C=O) groups excluding carboxylic acids is 1. The van der Waals surface area contributed by atoms with Gasteiger partial charge in [0, 0.05) is 10.6 Å². The summed E-state index contributed by atoms with van der Waals surface area (Å²) in [6, 6.07) is 11.9. The summed E-state index contributed by atoms with van der Waals surface area (Å²) in [5.41, 5.74) is 1.35. The van der Waals surface area contributed by atoms with Crippen LogP contribution in [0.25, 0.3) is 0 Å². The zero-order chi connectivity index (χ0) is 15.9. The summed E-state index contributed by atoms with van der Waals surface area (Å²) in [4.78, 5) is 12.9. The summed E-state index contributed by atoms with van der Waals surface area (Å²) in [7, 11) is 0. The molecule has 0 saturated heterocycles. The third-order valence-electron chi connectivity index (χ3n) is 2.98. The summed E-state index contributed by atoms with van der Waals surface area (Å²) in [5, 5.41) is 2.73. The quantitative estimate of drug-likeness (QED) is 0.808. The highest BCUT2D eigenvalue weighted by atomic mass is 32.2. The Kier molecular flexibility index (Phi) is 5.83. The van der Waals surface area contributed by atoms with Crippen molar-refractivity contribution in [3.05, 3.63) is 53.8 Å². The molecule has 2 rings (SSSR count). The minimum Gasteiger partial charge on any atom is -0.494 e. The Hall–Kier alpha value is -2.01. The number of carbonyl (C=O) groups is 1. The van der Waals surface area contributed by atoms with Crippen LogP contribution in [0.3, 0.4) is 0 Å². The molecule has 0 heterocycles. The SMILES string of the molecule is CCOc1ccc(SCC(=O)Nc2cc(F)ccc2C)cc1. The molecule has 0 atom stereocenters. The van der Waals surface area contributed by atoms with Gasteiger partial charge in [-0.25, -0.2) is 4.39 Å². The van der Waals surface area contributed by atoms with Crippen LogP contribution in [0.4, 0.5) is 10.1 Å². The molecule has 0 bridgehead atoms. The Morgan fingerprint density at radius 2 is 1.95 bits per heavy atom. The molecule has 0 fully saturated rings. The number of rotatable bonds is 6. The van der Waals surface area contributed by atoms with Crippen LogP contribution in [0.15, 0.2) is 47.4 Å². The predicted molar refractivity (Wildman–Crippen MR) is 88.1 cm³/mol. The first-order valence-corrected chi connectivity index (χ1v) is 7.98. The molecule has 0 unspecified atom stereocenters. The summed E-state index contributed by atoms with van der Waals surface area (Å²) in [6.45, 7) is 4.39. The largest absolute Gasteiger partial charge is 0.494 e. The van der Waals surface area contributed by atoms with E-state index in [1.54, 1.807) is 6.07 Å². The van der Waals surface area contributed by atoms with E-state index >= 15 is 0 Å². The lowest BCUT2D eigenvalue weighted by Crippen LogP contribution is -2.14. The number of nitrogens with one attached hydrogen (secondary N) is 1. The van der Waals surface area contributed by atoms with Crippen LogP contribution in [-0.2, 0) is 4.79 Å². The summed E-state index contributed by atoms with van der Waals surface area (Å²) in [6.07, 6.45) is 0. The van der Waals surface area contributed by atoms with Crippen molar-refractivity contribution in [1.82, 2.24) is 0 Å². The summed E-state index contributed by atoms with van der Waals surface area (Å²) < 4.78 is 18.5. The lowest BCUT2D eigenvalue weighted by atomic mass is 10.2. The Bertz CT molecular complexity index is 644. The second-order valence-corrected chi connectivity index (χ2v) is 5.75. The van der Waals surface area contributed by atoms with E-state index in [9.17, 15) is 9.18 Å². The molecule has 0 saturated carbocycles. The highest BCUT2D eigenvalue weighted by Gasteiger charge is 2.07. The lowest BCUT2D eigenvalue weighted by molar-refractivity contribution is -0.113. The second kappa shape index (κ2) is 7.84. The standard InChI is InChI=1S/C17H18FNO2S/c1-3-21-14-6-8-15(9-7-14)22-11-17(20)19-16-10-13(18)5-4-12(16)2/h4-10H,3,11H2,1-2H3,(H,19,20). The maximum Gasteiger partial charge on any atom is 0.234 e. The van der Waals surface area contributed by atoms with E-state index in [0.29, 0.717) is 12.3 Å². The van der Waals surface area contributed by atoms with Gasteiger partial charge in [-0.15, -0.1) is 11.8 Å². The van der Waals surface area contributed by atoms with Gasteiger partial charge in [0.2, 0.25) is 5.91 Å². The first kappa shape index (κ1) is 16.4. The third kappa shape index (κ3) is 4.77. The van der Waals surface area contributed by atoms with Crippen LogP contribution in [0.1, 0.15) is 12.5 Å². The monoisotopic (exact) mass is 319 g/mol.